The molecular weight excluding hydrogens is 226 g/mol. The number of carbonyl (C=O) groups is 1. The number of nitrogens with zero attached hydrogens (tertiary/aromatic N) is 1. The van der Waals surface area contributed by atoms with Crippen LogP contribution in [0.5, 0.6) is 0 Å². The Morgan fingerprint density at radius 3 is 2.67 bits per heavy atom. The molecule has 0 heterocycles. The van der Waals surface area contributed by atoms with Crippen molar-refractivity contribution < 1.29 is 9.53 Å². The van der Waals surface area contributed by atoms with Gasteiger partial charge >= 0.3 is 0 Å². The number of ketones is 1. The van der Waals surface area contributed by atoms with Gasteiger partial charge in [0.15, 0.2) is 11.4 Å². The van der Waals surface area contributed by atoms with Crippen molar-refractivity contribution in [3.05, 3.63) is 60.2 Å². The molecule has 0 fully saturated rings. The summed E-state index contributed by atoms with van der Waals surface area (Å²) in [5.74, 6) is -0.723. The van der Waals surface area contributed by atoms with Crippen LogP contribution in [0, 0.1) is 17.2 Å². The molecule has 0 aromatic heterocycles. The Kier molecular flexibility index (Phi) is 3.40. The van der Waals surface area contributed by atoms with Crippen molar-refractivity contribution in [1.29, 1.82) is 5.26 Å². The molecule has 1 aromatic carbocycles. The van der Waals surface area contributed by atoms with Gasteiger partial charge in [0.1, 0.15) is 6.07 Å². The summed E-state index contributed by atoms with van der Waals surface area (Å²) in [6, 6.07) is 11.0. The third kappa shape index (κ3) is 1.99. The van der Waals surface area contributed by atoms with Crippen LogP contribution in [0.25, 0.3) is 0 Å². The fraction of sp³-hybridized carbons (Fsp3) is 0.200. The first kappa shape index (κ1) is 12.3. The zero-order valence-corrected chi connectivity index (χ0v) is 10.0. The number of allylic oxidation sites excluding steroid dienone is 2. The van der Waals surface area contributed by atoms with Gasteiger partial charge in [0.05, 0.1) is 5.92 Å². The molecule has 1 aliphatic rings. The monoisotopic (exact) mass is 239 g/mol. The van der Waals surface area contributed by atoms with E-state index in [0.717, 1.165) is 0 Å². The van der Waals surface area contributed by atoms with E-state index < -0.39 is 11.5 Å². The molecule has 1 aliphatic carbocycles. The highest BCUT2D eigenvalue weighted by Crippen LogP contribution is 2.30. The van der Waals surface area contributed by atoms with Crippen molar-refractivity contribution in [1.82, 2.24) is 0 Å². The van der Waals surface area contributed by atoms with Crippen LogP contribution in [-0.2, 0) is 4.74 Å². The van der Waals surface area contributed by atoms with Gasteiger partial charge in [-0.25, -0.2) is 0 Å². The summed E-state index contributed by atoms with van der Waals surface area (Å²) >= 11 is 0. The van der Waals surface area contributed by atoms with E-state index in [1.54, 1.807) is 48.6 Å². The number of methoxy groups -OCH3 is 1. The zero-order valence-electron chi connectivity index (χ0n) is 10.0. The molecule has 0 saturated heterocycles. The quantitative estimate of drug-likeness (QED) is 0.761. The normalized spacial score (nSPS) is 25.7. The van der Waals surface area contributed by atoms with E-state index in [2.05, 4.69) is 6.07 Å². The third-order valence-electron chi connectivity index (χ3n) is 3.07. The zero-order chi connectivity index (χ0) is 13.0. The highest BCUT2D eigenvalue weighted by molar-refractivity contribution is 6.00. The van der Waals surface area contributed by atoms with E-state index in [-0.39, 0.29) is 5.78 Å². The summed E-state index contributed by atoms with van der Waals surface area (Å²) in [5.41, 5.74) is -0.624. The van der Waals surface area contributed by atoms with Crippen molar-refractivity contribution in [2.24, 2.45) is 5.92 Å². The summed E-state index contributed by atoms with van der Waals surface area (Å²) in [7, 11) is 1.44. The molecule has 3 heteroatoms. The van der Waals surface area contributed by atoms with Crippen LogP contribution in [0.15, 0.2) is 54.6 Å². The van der Waals surface area contributed by atoms with Gasteiger partial charge in [0.25, 0.3) is 0 Å². The highest BCUT2D eigenvalue weighted by atomic mass is 16.5. The predicted molar refractivity (Wildman–Crippen MR) is 67.9 cm³/mol. The lowest BCUT2D eigenvalue weighted by Crippen LogP contribution is -2.41. The summed E-state index contributed by atoms with van der Waals surface area (Å²) in [6.07, 6.45) is 6.82. The van der Waals surface area contributed by atoms with Crippen LogP contribution < -0.4 is 0 Å². The minimum atomic E-state index is -1.21. The van der Waals surface area contributed by atoms with Crippen LogP contribution >= 0.6 is 0 Å². The molecule has 2 atom stereocenters. The largest absolute Gasteiger partial charge is 0.359 e. The molecule has 2 rings (SSSR count). The lowest BCUT2D eigenvalue weighted by atomic mass is 9.80. The first-order valence-electron chi connectivity index (χ1n) is 5.65. The second-order valence-electron chi connectivity index (χ2n) is 4.06. The number of nitriles is 1. The average Bonchev–Trinajstić information content (AvgIpc) is 2.47. The lowest BCUT2D eigenvalue weighted by molar-refractivity contribution is 0.0395. The number of carbonyl (C=O) groups excluding carboxylic acids is 1. The van der Waals surface area contributed by atoms with Crippen LogP contribution in [0.2, 0.25) is 0 Å². The van der Waals surface area contributed by atoms with E-state index >= 15 is 0 Å². The molecule has 18 heavy (non-hydrogen) atoms. The predicted octanol–water partition coefficient (Wildman–Crippen LogP) is 2.52. The molecule has 0 radical (unpaired) electrons. The topological polar surface area (TPSA) is 50.1 Å². The van der Waals surface area contributed by atoms with E-state index in [1.165, 1.54) is 7.11 Å². The maximum absolute atomic E-state index is 12.4. The molecule has 0 aliphatic heterocycles. The Labute approximate surface area is 106 Å². The van der Waals surface area contributed by atoms with Crippen molar-refractivity contribution in [2.75, 3.05) is 7.11 Å². The number of ether oxygens (including phenoxy) is 1. The molecule has 0 N–H and O–H groups in total. The SMILES string of the molecule is COC1(C#N)C=CC=CC1C(=O)c1ccccc1. The first-order chi connectivity index (χ1) is 8.73. The van der Waals surface area contributed by atoms with Gasteiger partial charge in [-0.3, -0.25) is 4.79 Å². The van der Waals surface area contributed by atoms with Gasteiger partial charge in [-0.2, -0.15) is 5.26 Å². The van der Waals surface area contributed by atoms with Gasteiger partial charge in [-0.15, -0.1) is 0 Å². The fourth-order valence-electron chi connectivity index (χ4n) is 2.03. The van der Waals surface area contributed by atoms with Gasteiger partial charge < -0.3 is 4.74 Å². The van der Waals surface area contributed by atoms with E-state index in [1.807, 2.05) is 6.07 Å². The van der Waals surface area contributed by atoms with Crippen LogP contribution in [0.4, 0.5) is 0 Å². The van der Waals surface area contributed by atoms with Crippen molar-refractivity contribution in [2.45, 2.75) is 5.60 Å². The maximum Gasteiger partial charge on any atom is 0.186 e. The van der Waals surface area contributed by atoms with Crippen LogP contribution in [0.1, 0.15) is 10.4 Å². The lowest BCUT2D eigenvalue weighted by Gasteiger charge is -2.29. The molecule has 2 unspecified atom stereocenters. The van der Waals surface area contributed by atoms with E-state index in [0.29, 0.717) is 5.56 Å². The number of hydrogen-bond acceptors (Lipinski definition) is 3. The maximum atomic E-state index is 12.4. The van der Waals surface area contributed by atoms with E-state index in [4.69, 9.17) is 4.74 Å². The molecule has 0 amide bonds. The summed E-state index contributed by atoms with van der Waals surface area (Å²) < 4.78 is 5.26. The van der Waals surface area contributed by atoms with Crippen LogP contribution in [0.3, 0.4) is 0 Å². The second kappa shape index (κ2) is 4.99. The molecule has 0 spiro atoms. The first-order valence-corrected chi connectivity index (χ1v) is 5.65. The number of rotatable bonds is 3. The number of hydrogen-bond donors (Lipinski definition) is 0. The third-order valence-corrected chi connectivity index (χ3v) is 3.07. The molecule has 1 aromatic rings. The molecule has 0 saturated carbocycles. The summed E-state index contributed by atoms with van der Waals surface area (Å²) in [4.78, 5) is 12.4. The Balaban J connectivity index is 2.38. The van der Waals surface area contributed by atoms with Gasteiger partial charge in [0, 0.05) is 12.7 Å². The van der Waals surface area contributed by atoms with Crippen molar-refractivity contribution >= 4 is 5.78 Å². The Hall–Kier alpha value is -2.18. The smallest absolute Gasteiger partial charge is 0.186 e. The van der Waals surface area contributed by atoms with E-state index in [9.17, 15) is 10.1 Å². The molecular formula is C15H13NO2. The highest BCUT2D eigenvalue weighted by Gasteiger charge is 2.41. The van der Waals surface area contributed by atoms with Crippen molar-refractivity contribution in [3.8, 4) is 6.07 Å². The second-order valence-corrected chi connectivity index (χ2v) is 4.06. The summed E-state index contributed by atoms with van der Waals surface area (Å²) in [5, 5.41) is 9.30. The van der Waals surface area contributed by atoms with Gasteiger partial charge in [-0.1, -0.05) is 48.6 Å². The van der Waals surface area contributed by atoms with Crippen molar-refractivity contribution in [3.63, 3.8) is 0 Å². The number of Topliss-reactive ketones (excluding diaryl/α,β-unsaturated/α-hetero) is 1. The fourth-order valence-corrected chi connectivity index (χ4v) is 2.03. The number of benzene rings is 1. The standard InChI is InChI=1S/C15H13NO2/c1-18-15(11-16)10-6-5-9-13(15)14(17)12-7-3-2-4-8-12/h2-10,13H,1H3. The molecule has 90 valence electrons. The summed E-state index contributed by atoms with van der Waals surface area (Å²) in [6.45, 7) is 0. The molecule has 3 nitrogen and oxygen atoms in total. The molecule has 0 bridgehead atoms. The Bertz CT molecular complexity index is 539. The minimum Gasteiger partial charge on any atom is -0.359 e. The Morgan fingerprint density at radius 1 is 1.33 bits per heavy atom. The van der Waals surface area contributed by atoms with Gasteiger partial charge in [-0.05, 0) is 6.08 Å². The Morgan fingerprint density at radius 2 is 2.06 bits per heavy atom. The average molecular weight is 239 g/mol. The van der Waals surface area contributed by atoms with Crippen LogP contribution in [-0.4, -0.2) is 18.5 Å². The minimum absolute atomic E-state index is 0.111. The van der Waals surface area contributed by atoms with Gasteiger partial charge in [0.2, 0.25) is 0 Å².